The average molecular weight is 371 g/mol. The van der Waals surface area contributed by atoms with Crippen LogP contribution in [-0.4, -0.2) is 38.5 Å². The summed E-state index contributed by atoms with van der Waals surface area (Å²) in [5.74, 6) is -0.0819. The maximum Gasteiger partial charge on any atom is 0.340 e. The second-order valence-corrected chi connectivity index (χ2v) is 5.54. The van der Waals surface area contributed by atoms with Gasteiger partial charge in [-0.15, -0.1) is 0 Å². The van der Waals surface area contributed by atoms with E-state index in [4.69, 9.17) is 14.2 Å². The van der Waals surface area contributed by atoms with Crippen LogP contribution in [0, 0.1) is 0 Å². The minimum Gasteiger partial charge on any atom is -0.497 e. The van der Waals surface area contributed by atoms with Gasteiger partial charge in [0.25, 0.3) is 5.91 Å². The molecule has 7 nitrogen and oxygen atoms in total. The van der Waals surface area contributed by atoms with Crippen molar-refractivity contribution in [3.63, 3.8) is 0 Å². The molecule has 2 aromatic carbocycles. The molecule has 2 rings (SSSR count). The first-order valence-electron chi connectivity index (χ1n) is 8.30. The molecular weight excluding hydrogens is 350 g/mol. The van der Waals surface area contributed by atoms with Crippen LogP contribution in [0.1, 0.15) is 34.1 Å². The van der Waals surface area contributed by atoms with E-state index in [2.05, 4.69) is 5.32 Å². The topological polar surface area (TPSA) is 90.9 Å². The summed E-state index contributed by atoms with van der Waals surface area (Å²) in [4.78, 5) is 35.6. The summed E-state index contributed by atoms with van der Waals surface area (Å²) in [6.07, 6.45) is 0.424. The maximum absolute atomic E-state index is 12.2. The zero-order valence-electron chi connectivity index (χ0n) is 15.4. The van der Waals surface area contributed by atoms with Crippen molar-refractivity contribution < 1.29 is 28.6 Å². The summed E-state index contributed by atoms with van der Waals surface area (Å²) >= 11 is 0. The number of esters is 1. The van der Waals surface area contributed by atoms with Crippen LogP contribution in [0.25, 0.3) is 0 Å². The molecule has 142 valence electrons. The van der Waals surface area contributed by atoms with Gasteiger partial charge in [-0.05, 0) is 42.5 Å². The predicted octanol–water partition coefficient (Wildman–Crippen LogP) is 3.09. The molecule has 0 heterocycles. The largest absolute Gasteiger partial charge is 0.497 e. The maximum atomic E-state index is 12.2. The first kappa shape index (κ1) is 20.0. The Balaban J connectivity index is 2.01. The molecule has 2 aromatic rings. The fourth-order valence-electron chi connectivity index (χ4n) is 2.31. The number of hydrogen-bond donors (Lipinski definition) is 1. The van der Waals surface area contributed by atoms with Crippen molar-refractivity contribution in [2.24, 2.45) is 0 Å². The molecule has 27 heavy (non-hydrogen) atoms. The molecule has 0 aliphatic rings. The fourth-order valence-corrected chi connectivity index (χ4v) is 2.31. The van der Waals surface area contributed by atoms with E-state index in [1.165, 1.54) is 20.3 Å². The quantitative estimate of drug-likeness (QED) is 0.566. The normalized spacial score (nSPS) is 10.0. The molecule has 0 radical (unpaired) electrons. The first-order valence-corrected chi connectivity index (χ1v) is 8.30. The number of nitrogens with one attached hydrogen (secondary N) is 1. The Kier molecular flexibility index (Phi) is 6.93. The Morgan fingerprint density at radius 2 is 1.63 bits per heavy atom. The van der Waals surface area contributed by atoms with Gasteiger partial charge in [0.05, 0.1) is 25.5 Å². The Morgan fingerprint density at radius 3 is 2.22 bits per heavy atom. The van der Waals surface area contributed by atoms with Crippen LogP contribution < -0.4 is 14.8 Å². The molecular formula is C20H21NO6. The molecule has 0 aliphatic carbocycles. The van der Waals surface area contributed by atoms with E-state index in [0.717, 1.165) is 0 Å². The third-order valence-electron chi connectivity index (χ3n) is 3.77. The smallest absolute Gasteiger partial charge is 0.340 e. The standard InChI is InChI=1S/C20H21NO6/c1-4-18(22)13-5-7-14(8-6-13)27-12-19(23)21-17-10-9-15(25-2)11-16(17)20(24)26-3/h5-11H,4,12H2,1-3H3,(H,21,23). The molecule has 7 heteroatoms. The van der Waals surface area contributed by atoms with Crippen molar-refractivity contribution in [2.45, 2.75) is 13.3 Å². The van der Waals surface area contributed by atoms with Crippen molar-refractivity contribution >= 4 is 23.3 Å². The Morgan fingerprint density at radius 1 is 0.963 bits per heavy atom. The lowest BCUT2D eigenvalue weighted by Crippen LogP contribution is -2.21. The van der Waals surface area contributed by atoms with E-state index >= 15 is 0 Å². The minimum atomic E-state index is -0.596. The Hall–Kier alpha value is -3.35. The van der Waals surface area contributed by atoms with Crippen LogP contribution >= 0.6 is 0 Å². The number of carbonyl (C=O) groups excluding carboxylic acids is 3. The van der Waals surface area contributed by atoms with Gasteiger partial charge in [0.1, 0.15) is 11.5 Å². The minimum absolute atomic E-state index is 0.0362. The zero-order chi connectivity index (χ0) is 19.8. The molecule has 1 amide bonds. The monoisotopic (exact) mass is 371 g/mol. The molecule has 0 unspecified atom stereocenters. The number of amides is 1. The number of ketones is 1. The van der Waals surface area contributed by atoms with E-state index in [1.54, 1.807) is 43.3 Å². The fraction of sp³-hybridized carbons (Fsp3) is 0.250. The summed E-state index contributed by atoms with van der Waals surface area (Å²) in [7, 11) is 2.73. The predicted molar refractivity (Wildman–Crippen MR) is 99.5 cm³/mol. The second kappa shape index (κ2) is 9.38. The van der Waals surface area contributed by atoms with Gasteiger partial charge >= 0.3 is 5.97 Å². The highest BCUT2D eigenvalue weighted by molar-refractivity contribution is 6.02. The summed E-state index contributed by atoms with van der Waals surface area (Å²) in [6, 6.07) is 11.2. The first-order chi connectivity index (χ1) is 13.0. The SMILES string of the molecule is CCC(=O)c1ccc(OCC(=O)Nc2ccc(OC)cc2C(=O)OC)cc1. The number of hydrogen-bond acceptors (Lipinski definition) is 6. The summed E-state index contributed by atoms with van der Waals surface area (Å²) in [5.41, 5.74) is 1.06. The lowest BCUT2D eigenvalue weighted by Gasteiger charge is -2.12. The van der Waals surface area contributed by atoms with Gasteiger partial charge in [0.2, 0.25) is 0 Å². The van der Waals surface area contributed by atoms with Crippen LogP contribution in [0.15, 0.2) is 42.5 Å². The third-order valence-corrected chi connectivity index (χ3v) is 3.77. The van der Waals surface area contributed by atoms with Crippen LogP contribution in [0.2, 0.25) is 0 Å². The van der Waals surface area contributed by atoms with Crippen molar-refractivity contribution in [1.82, 2.24) is 0 Å². The van der Waals surface area contributed by atoms with Crippen molar-refractivity contribution in [3.05, 3.63) is 53.6 Å². The highest BCUT2D eigenvalue weighted by Crippen LogP contribution is 2.23. The Bertz CT molecular complexity index is 829. The zero-order valence-corrected chi connectivity index (χ0v) is 15.4. The van der Waals surface area contributed by atoms with E-state index in [9.17, 15) is 14.4 Å². The van der Waals surface area contributed by atoms with Gasteiger partial charge in [-0.1, -0.05) is 6.92 Å². The van der Waals surface area contributed by atoms with E-state index in [-0.39, 0.29) is 18.0 Å². The lowest BCUT2D eigenvalue weighted by molar-refractivity contribution is -0.118. The number of methoxy groups -OCH3 is 2. The molecule has 0 fully saturated rings. The van der Waals surface area contributed by atoms with Crippen molar-refractivity contribution in [3.8, 4) is 11.5 Å². The second-order valence-electron chi connectivity index (χ2n) is 5.54. The number of anilines is 1. The molecule has 0 spiro atoms. The molecule has 0 aliphatic heterocycles. The highest BCUT2D eigenvalue weighted by atomic mass is 16.5. The van der Waals surface area contributed by atoms with Crippen LogP contribution in [0.3, 0.4) is 0 Å². The number of Topliss-reactive ketones (excluding diaryl/α,β-unsaturated/α-hetero) is 1. The van der Waals surface area contributed by atoms with E-state index < -0.39 is 11.9 Å². The number of ether oxygens (including phenoxy) is 3. The molecule has 0 saturated heterocycles. The van der Waals surface area contributed by atoms with Crippen LogP contribution in [-0.2, 0) is 9.53 Å². The number of rotatable bonds is 8. The summed E-state index contributed by atoms with van der Waals surface area (Å²) < 4.78 is 15.2. The van der Waals surface area contributed by atoms with Gasteiger partial charge in [0.15, 0.2) is 12.4 Å². The third kappa shape index (κ3) is 5.31. The summed E-state index contributed by atoms with van der Waals surface area (Å²) in [5, 5.41) is 2.61. The molecule has 0 atom stereocenters. The van der Waals surface area contributed by atoms with E-state index in [0.29, 0.717) is 29.2 Å². The van der Waals surface area contributed by atoms with Crippen LogP contribution in [0.4, 0.5) is 5.69 Å². The van der Waals surface area contributed by atoms with Gasteiger partial charge < -0.3 is 19.5 Å². The molecule has 0 bridgehead atoms. The van der Waals surface area contributed by atoms with Gasteiger partial charge in [-0.3, -0.25) is 9.59 Å². The highest BCUT2D eigenvalue weighted by Gasteiger charge is 2.15. The van der Waals surface area contributed by atoms with Crippen molar-refractivity contribution in [1.29, 1.82) is 0 Å². The molecule has 1 N–H and O–H groups in total. The molecule has 0 saturated carbocycles. The number of benzene rings is 2. The van der Waals surface area contributed by atoms with Crippen LogP contribution in [0.5, 0.6) is 11.5 Å². The molecule has 0 aromatic heterocycles. The van der Waals surface area contributed by atoms with E-state index in [1.807, 2.05) is 0 Å². The lowest BCUT2D eigenvalue weighted by atomic mass is 10.1. The number of carbonyl (C=O) groups is 3. The van der Waals surface area contributed by atoms with Crippen molar-refractivity contribution in [2.75, 3.05) is 26.1 Å². The van der Waals surface area contributed by atoms with Gasteiger partial charge in [-0.25, -0.2) is 4.79 Å². The Labute approximate surface area is 157 Å². The van der Waals surface area contributed by atoms with Gasteiger partial charge in [-0.2, -0.15) is 0 Å². The average Bonchev–Trinajstić information content (AvgIpc) is 2.71. The van der Waals surface area contributed by atoms with Gasteiger partial charge in [0, 0.05) is 12.0 Å². The summed E-state index contributed by atoms with van der Waals surface area (Å²) in [6.45, 7) is 1.53.